The predicted molar refractivity (Wildman–Crippen MR) is 79.8 cm³/mol. The van der Waals surface area contributed by atoms with Gasteiger partial charge in [0, 0.05) is 18.4 Å². The van der Waals surface area contributed by atoms with Gasteiger partial charge in [0.15, 0.2) is 0 Å². The van der Waals surface area contributed by atoms with Crippen molar-refractivity contribution < 1.29 is 19.3 Å². The summed E-state index contributed by atoms with van der Waals surface area (Å²) < 4.78 is 17.1. The Morgan fingerprint density at radius 2 is 1.86 bits per heavy atom. The largest absolute Gasteiger partial charge is 0.389 e. The molecule has 6 atom stereocenters. The van der Waals surface area contributed by atoms with Gasteiger partial charge in [-0.25, -0.2) is 0 Å². The topological polar surface area (TPSA) is 47.9 Å². The fourth-order valence-corrected chi connectivity index (χ4v) is 5.42. The van der Waals surface area contributed by atoms with Crippen molar-refractivity contribution in [2.24, 2.45) is 23.2 Å². The molecule has 0 aromatic carbocycles. The van der Waals surface area contributed by atoms with Gasteiger partial charge >= 0.3 is 0 Å². The molecule has 2 bridgehead atoms. The molecule has 0 aromatic rings. The summed E-state index contributed by atoms with van der Waals surface area (Å²) in [5, 5.41) is 11.2. The van der Waals surface area contributed by atoms with E-state index in [0.717, 1.165) is 25.7 Å². The van der Waals surface area contributed by atoms with E-state index >= 15 is 0 Å². The van der Waals surface area contributed by atoms with Gasteiger partial charge in [-0.15, -0.1) is 0 Å². The summed E-state index contributed by atoms with van der Waals surface area (Å²) >= 11 is 0. The third-order valence-corrected chi connectivity index (χ3v) is 6.48. The lowest BCUT2D eigenvalue weighted by Crippen LogP contribution is -2.56. The third kappa shape index (κ3) is 2.26. The van der Waals surface area contributed by atoms with Crippen LogP contribution in [0.25, 0.3) is 0 Å². The summed E-state index contributed by atoms with van der Waals surface area (Å²) in [6.45, 7) is 7.71. The monoisotopic (exact) mass is 298 g/mol. The van der Waals surface area contributed by atoms with Crippen LogP contribution < -0.4 is 0 Å². The van der Waals surface area contributed by atoms with Crippen LogP contribution in [-0.4, -0.2) is 43.4 Å². The number of hydrogen-bond acceptors (Lipinski definition) is 4. The van der Waals surface area contributed by atoms with E-state index in [1.165, 1.54) is 0 Å². The molecular weight excluding hydrogens is 268 g/mol. The van der Waals surface area contributed by atoms with Crippen molar-refractivity contribution in [2.45, 2.75) is 64.3 Å². The second kappa shape index (κ2) is 5.48. The van der Waals surface area contributed by atoms with Crippen molar-refractivity contribution in [2.75, 3.05) is 20.5 Å². The van der Waals surface area contributed by atoms with Crippen molar-refractivity contribution in [3.63, 3.8) is 0 Å². The molecule has 1 N–H and O–H groups in total. The van der Waals surface area contributed by atoms with E-state index in [0.29, 0.717) is 25.2 Å². The quantitative estimate of drug-likeness (QED) is 0.626. The summed E-state index contributed by atoms with van der Waals surface area (Å²) in [6, 6.07) is 0. The highest BCUT2D eigenvalue weighted by Crippen LogP contribution is 2.62. The van der Waals surface area contributed by atoms with E-state index in [1.807, 2.05) is 0 Å². The molecule has 4 heteroatoms. The summed E-state index contributed by atoms with van der Waals surface area (Å²) in [6.07, 6.45) is 4.43. The Kier molecular flexibility index (Phi) is 4.11. The maximum absolute atomic E-state index is 11.2. The highest BCUT2D eigenvalue weighted by atomic mass is 16.7. The standard InChI is InChI=1S/C17H30O4/c1-11-12(2)15-16(3,9-20-10-19-4)14(13(11)21-15)17(18)7-5-6-8-17/h11-15,18H,5-10H2,1-4H3. The molecule has 0 amide bonds. The molecule has 1 aliphatic carbocycles. The number of rotatable bonds is 5. The number of hydrogen-bond donors (Lipinski definition) is 1. The van der Waals surface area contributed by atoms with Crippen LogP contribution in [0.4, 0.5) is 0 Å². The minimum absolute atomic E-state index is 0.117. The predicted octanol–water partition coefficient (Wildman–Crippen LogP) is 2.59. The Balaban J connectivity index is 1.87. The van der Waals surface area contributed by atoms with E-state index in [4.69, 9.17) is 14.2 Å². The summed E-state index contributed by atoms with van der Waals surface area (Å²) in [5.74, 6) is 1.22. The molecule has 2 aliphatic heterocycles. The first kappa shape index (κ1) is 15.7. The van der Waals surface area contributed by atoms with Crippen LogP contribution in [0.3, 0.4) is 0 Å². The van der Waals surface area contributed by atoms with Crippen LogP contribution in [0.1, 0.15) is 46.5 Å². The zero-order valence-corrected chi connectivity index (χ0v) is 13.8. The van der Waals surface area contributed by atoms with E-state index in [1.54, 1.807) is 7.11 Å². The lowest BCUT2D eigenvalue weighted by atomic mass is 9.56. The SMILES string of the molecule is COCOCC1(C)C2OC(C(C)C2C)C1C1(O)CCCC1. The molecule has 0 radical (unpaired) electrons. The number of fused-ring (bicyclic) bond motifs is 2. The molecule has 0 aromatic heterocycles. The van der Waals surface area contributed by atoms with Gasteiger partial charge < -0.3 is 19.3 Å². The zero-order valence-electron chi connectivity index (χ0n) is 13.8. The highest BCUT2D eigenvalue weighted by molar-refractivity contribution is 5.15. The first-order valence-electron chi connectivity index (χ1n) is 8.38. The molecule has 21 heavy (non-hydrogen) atoms. The average Bonchev–Trinajstić information content (AvgIpc) is 3.07. The van der Waals surface area contributed by atoms with Crippen molar-refractivity contribution in [1.82, 2.24) is 0 Å². The van der Waals surface area contributed by atoms with Gasteiger partial charge in [0.2, 0.25) is 0 Å². The molecule has 3 fully saturated rings. The Labute approximate surface area is 128 Å². The molecule has 2 heterocycles. The van der Waals surface area contributed by atoms with Gasteiger partial charge in [-0.1, -0.05) is 33.6 Å². The number of ether oxygens (including phenoxy) is 3. The average molecular weight is 298 g/mol. The van der Waals surface area contributed by atoms with Gasteiger partial charge in [0.25, 0.3) is 0 Å². The van der Waals surface area contributed by atoms with Gasteiger partial charge in [-0.05, 0) is 24.7 Å². The van der Waals surface area contributed by atoms with Gasteiger partial charge in [0.05, 0.1) is 24.4 Å². The molecule has 122 valence electrons. The Hall–Kier alpha value is -0.160. The van der Waals surface area contributed by atoms with Crippen LogP contribution in [0, 0.1) is 23.2 Å². The molecular formula is C17H30O4. The molecule has 0 spiro atoms. The number of methoxy groups -OCH3 is 1. The zero-order chi connectivity index (χ0) is 15.3. The van der Waals surface area contributed by atoms with Crippen molar-refractivity contribution in [3.8, 4) is 0 Å². The van der Waals surface area contributed by atoms with Crippen molar-refractivity contribution >= 4 is 0 Å². The van der Waals surface area contributed by atoms with Crippen LogP contribution >= 0.6 is 0 Å². The van der Waals surface area contributed by atoms with Gasteiger partial charge in [0.1, 0.15) is 6.79 Å². The van der Waals surface area contributed by atoms with E-state index in [-0.39, 0.29) is 23.5 Å². The summed E-state index contributed by atoms with van der Waals surface area (Å²) in [7, 11) is 1.65. The molecule has 6 unspecified atom stereocenters. The highest BCUT2D eigenvalue weighted by Gasteiger charge is 2.68. The van der Waals surface area contributed by atoms with Crippen molar-refractivity contribution in [3.05, 3.63) is 0 Å². The Morgan fingerprint density at radius 1 is 1.19 bits per heavy atom. The van der Waals surface area contributed by atoms with E-state index in [2.05, 4.69) is 20.8 Å². The van der Waals surface area contributed by atoms with Crippen LogP contribution in [0.15, 0.2) is 0 Å². The summed E-state index contributed by atoms with van der Waals surface area (Å²) in [4.78, 5) is 0. The lowest BCUT2D eigenvalue weighted by molar-refractivity contribution is -0.134. The van der Waals surface area contributed by atoms with Crippen LogP contribution in [0.2, 0.25) is 0 Å². The second-order valence-electron chi connectivity index (χ2n) is 7.79. The van der Waals surface area contributed by atoms with Gasteiger partial charge in [-0.3, -0.25) is 0 Å². The minimum Gasteiger partial charge on any atom is -0.389 e. The maximum Gasteiger partial charge on any atom is 0.146 e. The van der Waals surface area contributed by atoms with Crippen LogP contribution in [-0.2, 0) is 14.2 Å². The third-order valence-electron chi connectivity index (χ3n) is 6.48. The molecule has 3 aliphatic rings. The van der Waals surface area contributed by atoms with Crippen molar-refractivity contribution in [1.29, 1.82) is 0 Å². The molecule has 2 saturated heterocycles. The number of aliphatic hydroxyl groups is 1. The Morgan fingerprint density at radius 3 is 2.48 bits per heavy atom. The molecule has 3 rings (SSSR count). The lowest BCUT2D eigenvalue weighted by Gasteiger charge is -2.49. The van der Waals surface area contributed by atoms with Crippen LogP contribution in [0.5, 0.6) is 0 Å². The van der Waals surface area contributed by atoms with Gasteiger partial charge in [-0.2, -0.15) is 0 Å². The smallest absolute Gasteiger partial charge is 0.146 e. The molecule has 4 nitrogen and oxygen atoms in total. The summed E-state index contributed by atoms with van der Waals surface area (Å²) in [5.41, 5.74) is -0.687. The van der Waals surface area contributed by atoms with E-state index < -0.39 is 5.60 Å². The first-order valence-corrected chi connectivity index (χ1v) is 8.38. The Bertz CT molecular complexity index is 379. The van der Waals surface area contributed by atoms with E-state index in [9.17, 15) is 5.11 Å². The normalized spacial score (nSPS) is 48.1. The maximum atomic E-state index is 11.2. The fourth-order valence-electron chi connectivity index (χ4n) is 5.42. The first-order chi connectivity index (χ1) is 9.94. The minimum atomic E-state index is -0.570. The fraction of sp³-hybridized carbons (Fsp3) is 1.00. The molecule has 1 saturated carbocycles. The second-order valence-corrected chi connectivity index (χ2v) is 7.79.